The van der Waals surface area contributed by atoms with Gasteiger partial charge in [0, 0.05) is 0 Å². The maximum absolute atomic E-state index is 13.5. The third-order valence-corrected chi connectivity index (χ3v) is 3.31. The molecule has 1 aromatic carbocycles. The third kappa shape index (κ3) is 4.40. The molecule has 1 N–H and O–H groups in total. The van der Waals surface area contributed by atoms with E-state index in [0.29, 0.717) is 0 Å². The van der Waals surface area contributed by atoms with Gasteiger partial charge < -0.3 is 10.1 Å². The van der Waals surface area contributed by atoms with E-state index in [1.54, 1.807) is 6.07 Å². The first-order chi connectivity index (χ1) is 10.9. The Morgan fingerprint density at radius 2 is 1.91 bits per heavy atom. The van der Waals surface area contributed by atoms with Crippen LogP contribution in [-0.2, 0) is 9.53 Å². The van der Waals surface area contributed by atoms with E-state index in [-0.39, 0.29) is 21.6 Å². The monoisotopic (exact) mass is 356 g/mol. The minimum Gasteiger partial charge on any atom is -0.448 e. The molecule has 23 heavy (non-hydrogen) atoms. The van der Waals surface area contributed by atoms with Gasteiger partial charge in [0.2, 0.25) is 0 Å². The van der Waals surface area contributed by atoms with Crippen molar-refractivity contribution in [3.63, 3.8) is 0 Å². The fourth-order valence-electron chi connectivity index (χ4n) is 1.63. The number of esters is 1. The molecule has 0 aliphatic carbocycles. The number of carbonyl (C=O) groups is 2. The third-order valence-electron chi connectivity index (χ3n) is 2.79. The lowest BCUT2D eigenvalue weighted by Gasteiger charge is -2.14. The van der Waals surface area contributed by atoms with Crippen LogP contribution in [0.3, 0.4) is 0 Å². The van der Waals surface area contributed by atoms with Gasteiger partial charge >= 0.3 is 5.97 Å². The Kier molecular flexibility index (Phi) is 5.52. The summed E-state index contributed by atoms with van der Waals surface area (Å²) < 4.78 is 18.4. The summed E-state index contributed by atoms with van der Waals surface area (Å²) in [5, 5.41) is 2.42. The van der Waals surface area contributed by atoms with Crippen LogP contribution >= 0.6 is 23.2 Å². The van der Waals surface area contributed by atoms with Crippen LogP contribution in [0.5, 0.6) is 0 Å². The van der Waals surface area contributed by atoms with Crippen molar-refractivity contribution in [2.24, 2.45) is 0 Å². The summed E-state index contributed by atoms with van der Waals surface area (Å²) in [6.07, 6.45) is -1.18. The van der Waals surface area contributed by atoms with Gasteiger partial charge in [0.15, 0.2) is 11.8 Å². The molecule has 2 aromatic rings. The molecule has 0 aliphatic heterocycles. The number of anilines is 1. The number of hydrogen-bond donors (Lipinski definition) is 1. The van der Waals surface area contributed by atoms with Gasteiger partial charge in [0.1, 0.15) is 11.0 Å². The Morgan fingerprint density at radius 3 is 2.61 bits per heavy atom. The molecule has 1 heterocycles. The van der Waals surface area contributed by atoms with Crippen molar-refractivity contribution in [3.8, 4) is 0 Å². The maximum atomic E-state index is 13.5. The summed E-state index contributed by atoms with van der Waals surface area (Å²) in [4.78, 5) is 27.7. The Labute approximate surface area is 141 Å². The van der Waals surface area contributed by atoms with E-state index in [1.807, 2.05) is 0 Å². The Bertz CT molecular complexity index is 755. The summed E-state index contributed by atoms with van der Waals surface area (Å²) in [6, 6.07) is 8.43. The quantitative estimate of drug-likeness (QED) is 0.669. The summed E-state index contributed by atoms with van der Waals surface area (Å²) in [7, 11) is 0. The van der Waals surface area contributed by atoms with Gasteiger partial charge in [-0.3, -0.25) is 4.79 Å². The smallest absolute Gasteiger partial charge is 0.359 e. The normalized spacial score (nSPS) is 11.7. The number of nitrogens with one attached hydrogen (secondary N) is 1. The zero-order valence-electron chi connectivity index (χ0n) is 11.8. The van der Waals surface area contributed by atoms with E-state index >= 15 is 0 Å². The fourth-order valence-corrected chi connectivity index (χ4v) is 1.96. The van der Waals surface area contributed by atoms with E-state index < -0.39 is 23.8 Å². The van der Waals surface area contributed by atoms with Crippen molar-refractivity contribution in [2.75, 3.05) is 5.32 Å². The zero-order valence-corrected chi connectivity index (χ0v) is 13.4. The van der Waals surface area contributed by atoms with Crippen molar-refractivity contribution in [2.45, 2.75) is 13.0 Å². The van der Waals surface area contributed by atoms with Crippen LogP contribution in [0.4, 0.5) is 10.1 Å². The summed E-state index contributed by atoms with van der Waals surface area (Å²) >= 11 is 11.5. The highest BCUT2D eigenvalue weighted by Gasteiger charge is 2.22. The van der Waals surface area contributed by atoms with E-state index in [0.717, 1.165) is 0 Å². The van der Waals surface area contributed by atoms with Crippen LogP contribution in [0.2, 0.25) is 10.2 Å². The standard InChI is InChI=1S/C15H11Cl2FN2O3/c1-8(14(21)19-11-5-3-2-4-10(11)18)23-15(22)13-9(16)6-7-12(17)20-13/h2-8H,1H3,(H,19,21)/t8-/m0/s1. The Morgan fingerprint density at radius 1 is 1.22 bits per heavy atom. The molecule has 0 unspecified atom stereocenters. The number of halogens is 3. The van der Waals surface area contributed by atoms with Crippen LogP contribution in [0.15, 0.2) is 36.4 Å². The highest BCUT2D eigenvalue weighted by Crippen LogP contribution is 2.19. The average molecular weight is 357 g/mol. The highest BCUT2D eigenvalue weighted by molar-refractivity contribution is 6.34. The van der Waals surface area contributed by atoms with Crippen molar-refractivity contribution < 1.29 is 18.7 Å². The van der Waals surface area contributed by atoms with Gasteiger partial charge in [-0.25, -0.2) is 14.2 Å². The molecular formula is C15H11Cl2FN2O3. The van der Waals surface area contributed by atoms with Gasteiger partial charge in [-0.05, 0) is 31.2 Å². The molecule has 120 valence electrons. The molecule has 8 heteroatoms. The fraction of sp³-hybridized carbons (Fsp3) is 0.133. The lowest BCUT2D eigenvalue weighted by Crippen LogP contribution is -2.30. The topological polar surface area (TPSA) is 68.3 Å². The second-order valence-electron chi connectivity index (χ2n) is 4.48. The van der Waals surface area contributed by atoms with Crippen molar-refractivity contribution in [1.29, 1.82) is 0 Å². The molecule has 0 saturated carbocycles. The van der Waals surface area contributed by atoms with Crippen LogP contribution in [-0.4, -0.2) is 23.0 Å². The zero-order chi connectivity index (χ0) is 17.0. The number of benzene rings is 1. The van der Waals surface area contributed by atoms with Crippen LogP contribution in [0.1, 0.15) is 17.4 Å². The second kappa shape index (κ2) is 7.39. The number of amides is 1. The van der Waals surface area contributed by atoms with Gasteiger partial charge in [-0.2, -0.15) is 0 Å². The Hall–Kier alpha value is -2.18. The number of nitrogens with zero attached hydrogens (tertiary/aromatic N) is 1. The van der Waals surface area contributed by atoms with Gasteiger partial charge in [-0.1, -0.05) is 35.3 Å². The maximum Gasteiger partial charge on any atom is 0.359 e. The molecule has 0 saturated heterocycles. The van der Waals surface area contributed by atoms with Gasteiger partial charge in [0.25, 0.3) is 5.91 Å². The first-order valence-corrected chi connectivity index (χ1v) is 7.22. The number of rotatable bonds is 4. The lowest BCUT2D eigenvalue weighted by molar-refractivity contribution is -0.123. The summed E-state index contributed by atoms with van der Waals surface area (Å²) in [5.74, 6) is -2.20. The second-order valence-corrected chi connectivity index (χ2v) is 5.28. The number of ether oxygens (including phenoxy) is 1. The van der Waals surface area contributed by atoms with Crippen molar-refractivity contribution in [1.82, 2.24) is 4.98 Å². The van der Waals surface area contributed by atoms with Crippen LogP contribution in [0, 0.1) is 5.82 Å². The van der Waals surface area contributed by atoms with Crippen molar-refractivity contribution >= 4 is 40.8 Å². The molecule has 0 fully saturated rings. The predicted molar refractivity (Wildman–Crippen MR) is 84.2 cm³/mol. The average Bonchev–Trinajstić information content (AvgIpc) is 2.51. The molecule has 1 aromatic heterocycles. The van der Waals surface area contributed by atoms with Gasteiger partial charge in [-0.15, -0.1) is 0 Å². The van der Waals surface area contributed by atoms with Crippen LogP contribution < -0.4 is 5.32 Å². The van der Waals surface area contributed by atoms with Gasteiger partial charge in [0.05, 0.1) is 10.7 Å². The molecule has 0 bridgehead atoms. The highest BCUT2D eigenvalue weighted by atomic mass is 35.5. The number of aromatic nitrogens is 1. The molecule has 1 amide bonds. The van der Waals surface area contributed by atoms with E-state index in [4.69, 9.17) is 27.9 Å². The molecule has 2 rings (SSSR count). The van der Waals surface area contributed by atoms with E-state index in [9.17, 15) is 14.0 Å². The molecule has 5 nitrogen and oxygen atoms in total. The van der Waals surface area contributed by atoms with Crippen LogP contribution in [0.25, 0.3) is 0 Å². The van der Waals surface area contributed by atoms with E-state index in [1.165, 1.54) is 37.3 Å². The SMILES string of the molecule is C[C@H](OC(=O)c1nc(Cl)ccc1Cl)C(=O)Nc1ccccc1F. The summed E-state index contributed by atoms with van der Waals surface area (Å²) in [5.41, 5.74) is -0.218. The number of carbonyl (C=O) groups excluding carboxylic acids is 2. The molecule has 0 radical (unpaired) electrons. The molecule has 1 atom stereocenters. The molecular weight excluding hydrogens is 346 g/mol. The predicted octanol–water partition coefficient (Wildman–Crippen LogP) is 3.71. The largest absolute Gasteiger partial charge is 0.448 e. The lowest BCUT2D eigenvalue weighted by atomic mass is 10.3. The van der Waals surface area contributed by atoms with E-state index in [2.05, 4.69) is 10.3 Å². The number of hydrogen-bond acceptors (Lipinski definition) is 4. The summed E-state index contributed by atoms with van der Waals surface area (Å²) in [6.45, 7) is 1.34. The van der Waals surface area contributed by atoms with Crippen molar-refractivity contribution in [3.05, 3.63) is 58.1 Å². The number of para-hydroxylation sites is 1. The number of pyridine rings is 1. The molecule has 0 spiro atoms. The Balaban J connectivity index is 2.05. The minimum atomic E-state index is -1.18. The minimum absolute atomic E-state index is 0.0145. The molecule has 0 aliphatic rings. The first-order valence-electron chi connectivity index (χ1n) is 6.47. The first kappa shape index (κ1) is 17.2.